The zero-order valence-corrected chi connectivity index (χ0v) is 17.5. The summed E-state index contributed by atoms with van der Waals surface area (Å²) in [5, 5.41) is 5.01. The van der Waals surface area contributed by atoms with Gasteiger partial charge in [-0.25, -0.2) is 4.98 Å². The fourth-order valence-corrected chi connectivity index (χ4v) is 3.73. The first-order chi connectivity index (χ1) is 15.8. The summed E-state index contributed by atoms with van der Waals surface area (Å²) in [5.74, 6) is 1.02. The molecule has 32 heavy (non-hydrogen) atoms. The molecule has 0 aliphatic heterocycles. The van der Waals surface area contributed by atoms with Crippen molar-refractivity contribution in [2.75, 3.05) is 0 Å². The highest BCUT2D eigenvalue weighted by Crippen LogP contribution is 2.35. The summed E-state index contributed by atoms with van der Waals surface area (Å²) in [5.41, 5.74) is 12.3. The van der Waals surface area contributed by atoms with Crippen LogP contribution in [0.3, 0.4) is 0 Å². The SMILES string of the molecule is [CH2+]CCc1nc(-c2nccc3nc(-c4ccc(CN)cc4)c(-c4ccccc4)cc23)no1. The summed E-state index contributed by atoms with van der Waals surface area (Å²) in [4.78, 5) is 14.1. The Hall–Kier alpha value is -4.03. The van der Waals surface area contributed by atoms with E-state index < -0.39 is 0 Å². The molecule has 3 aromatic heterocycles. The van der Waals surface area contributed by atoms with Crippen LogP contribution in [-0.4, -0.2) is 20.1 Å². The molecule has 5 rings (SSSR count). The number of rotatable bonds is 6. The third kappa shape index (κ3) is 3.72. The Kier molecular flexibility index (Phi) is 5.35. The number of benzene rings is 2. The first-order valence-electron chi connectivity index (χ1n) is 10.5. The van der Waals surface area contributed by atoms with Crippen molar-refractivity contribution in [1.82, 2.24) is 20.1 Å². The van der Waals surface area contributed by atoms with Gasteiger partial charge in [0.25, 0.3) is 0 Å². The Bertz CT molecular complexity index is 1360. The van der Waals surface area contributed by atoms with Crippen LogP contribution in [0, 0.1) is 6.92 Å². The maximum atomic E-state index is 5.78. The van der Waals surface area contributed by atoms with Crippen LogP contribution in [0.1, 0.15) is 17.9 Å². The van der Waals surface area contributed by atoms with E-state index in [4.69, 9.17) is 15.2 Å². The van der Waals surface area contributed by atoms with Gasteiger partial charge in [-0.3, -0.25) is 4.98 Å². The Balaban J connectivity index is 1.73. The summed E-state index contributed by atoms with van der Waals surface area (Å²) in [7, 11) is 0. The van der Waals surface area contributed by atoms with Gasteiger partial charge in [0.2, 0.25) is 11.7 Å². The minimum absolute atomic E-state index is 0.458. The zero-order chi connectivity index (χ0) is 21.9. The second kappa shape index (κ2) is 8.61. The van der Waals surface area contributed by atoms with Crippen LogP contribution in [0.25, 0.3) is 44.8 Å². The van der Waals surface area contributed by atoms with Gasteiger partial charge in [0.1, 0.15) is 5.69 Å². The highest BCUT2D eigenvalue weighted by Gasteiger charge is 2.17. The van der Waals surface area contributed by atoms with Crippen LogP contribution in [0.5, 0.6) is 0 Å². The molecular formula is C26H22N5O+. The average molecular weight is 420 g/mol. The quantitative estimate of drug-likeness (QED) is 0.378. The molecule has 5 aromatic rings. The van der Waals surface area contributed by atoms with Gasteiger partial charge in [0.15, 0.2) is 0 Å². The van der Waals surface area contributed by atoms with Gasteiger partial charge in [-0.1, -0.05) is 59.8 Å². The molecule has 0 bridgehead atoms. The third-order valence-corrected chi connectivity index (χ3v) is 5.36. The largest absolute Gasteiger partial charge is 0.339 e. The van der Waals surface area contributed by atoms with Crippen LogP contribution >= 0.6 is 0 Å². The van der Waals surface area contributed by atoms with Gasteiger partial charge in [0, 0.05) is 29.3 Å². The second-order valence-electron chi connectivity index (χ2n) is 7.49. The van der Waals surface area contributed by atoms with Crippen molar-refractivity contribution in [1.29, 1.82) is 0 Å². The molecule has 3 heterocycles. The Morgan fingerprint density at radius 2 is 1.69 bits per heavy atom. The van der Waals surface area contributed by atoms with Crippen LogP contribution < -0.4 is 5.73 Å². The van der Waals surface area contributed by atoms with E-state index in [0.717, 1.165) is 38.9 Å². The molecule has 6 heteroatoms. The molecule has 0 aliphatic carbocycles. The minimum Gasteiger partial charge on any atom is -0.339 e. The lowest BCUT2D eigenvalue weighted by Gasteiger charge is -2.13. The van der Waals surface area contributed by atoms with E-state index in [1.165, 1.54) is 0 Å². The van der Waals surface area contributed by atoms with E-state index in [1.54, 1.807) is 6.20 Å². The Morgan fingerprint density at radius 1 is 0.875 bits per heavy atom. The molecule has 0 spiro atoms. The fraction of sp³-hybridized carbons (Fsp3) is 0.115. The van der Waals surface area contributed by atoms with Crippen LogP contribution in [-0.2, 0) is 13.0 Å². The van der Waals surface area contributed by atoms with Gasteiger partial charge in [-0.05, 0) is 23.3 Å². The number of nitrogens with zero attached hydrogens (tertiary/aromatic N) is 4. The van der Waals surface area contributed by atoms with Gasteiger partial charge in [-0.15, -0.1) is 0 Å². The predicted octanol–water partition coefficient (Wildman–Crippen LogP) is 5.24. The number of nitrogens with two attached hydrogens (primary N) is 1. The van der Waals surface area contributed by atoms with E-state index in [9.17, 15) is 0 Å². The molecule has 0 radical (unpaired) electrons. The molecular weight excluding hydrogens is 398 g/mol. The first-order valence-corrected chi connectivity index (χ1v) is 10.5. The Labute approximate surface area is 186 Å². The minimum atomic E-state index is 0.458. The predicted molar refractivity (Wildman–Crippen MR) is 125 cm³/mol. The highest BCUT2D eigenvalue weighted by molar-refractivity contribution is 5.97. The van der Waals surface area contributed by atoms with Gasteiger partial charge < -0.3 is 10.3 Å². The smallest absolute Gasteiger partial charge is 0.231 e. The summed E-state index contributed by atoms with van der Waals surface area (Å²) in [6, 6.07) is 22.4. The van der Waals surface area contributed by atoms with Crippen molar-refractivity contribution in [3.63, 3.8) is 0 Å². The molecule has 0 saturated heterocycles. The summed E-state index contributed by atoms with van der Waals surface area (Å²) in [6.45, 7) is 4.35. The lowest BCUT2D eigenvalue weighted by molar-refractivity contribution is 0.379. The lowest BCUT2D eigenvalue weighted by Crippen LogP contribution is -1.97. The number of aromatic nitrogens is 4. The van der Waals surface area contributed by atoms with Crippen molar-refractivity contribution in [3.05, 3.63) is 91.3 Å². The number of fused-ring (bicyclic) bond motifs is 1. The number of pyridine rings is 2. The van der Waals surface area contributed by atoms with E-state index in [2.05, 4.69) is 52.4 Å². The molecule has 0 saturated carbocycles. The molecule has 0 unspecified atom stereocenters. The van der Waals surface area contributed by atoms with Crippen molar-refractivity contribution in [3.8, 4) is 33.9 Å². The maximum Gasteiger partial charge on any atom is 0.231 e. The Morgan fingerprint density at radius 3 is 2.44 bits per heavy atom. The number of hydrogen-bond donors (Lipinski definition) is 1. The van der Waals surface area contributed by atoms with Gasteiger partial charge >= 0.3 is 0 Å². The molecule has 2 N–H and O–H groups in total. The summed E-state index contributed by atoms with van der Waals surface area (Å²) >= 11 is 0. The van der Waals surface area contributed by atoms with Crippen molar-refractivity contribution in [2.24, 2.45) is 5.73 Å². The van der Waals surface area contributed by atoms with E-state index >= 15 is 0 Å². The van der Waals surface area contributed by atoms with Crippen LogP contribution in [0.2, 0.25) is 0 Å². The van der Waals surface area contributed by atoms with Crippen molar-refractivity contribution >= 4 is 10.9 Å². The maximum absolute atomic E-state index is 5.78. The summed E-state index contributed by atoms with van der Waals surface area (Å²) in [6.07, 6.45) is 3.05. The normalized spacial score (nSPS) is 11.2. The highest BCUT2D eigenvalue weighted by atomic mass is 16.5. The monoisotopic (exact) mass is 420 g/mol. The fourth-order valence-electron chi connectivity index (χ4n) is 3.73. The van der Waals surface area contributed by atoms with E-state index in [-0.39, 0.29) is 0 Å². The molecule has 0 fully saturated rings. The number of hydrogen-bond acceptors (Lipinski definition) is 6. The third-order valence-electron chi connectivity index (χ3n) is 5.36. The standard InChI is InChI=1S/C26H22N5O/c1-2-6-23-30-26(31-32-23)25-21-15-20(18-7-4-3-5-8-18)24(29-22(21)13-14-28-25)19-11-9-17(16-27)10-12-19/h3-5,7-15H,1-2,6,16,27H2/q+1. The van der Waals surface area contributed by atoms with E-state index in [1.807, 2.05) is 36.4 Å². The second-order valence-corrected chi connectivity index (χ2v) is 7.49. The molecule has 2 aromatic carbocycles. The topological polar surface area (TPSA) is 90.7 Å². The zero-order valence-electron chi connectivity index (χ0n) is 17.5. The van der Waals surface area contributed by atoms with Crippen LogP contribution in [0.15, 0.2) is 77.4 Å². The van der Waals surface area contributed by atoms with Crippen molar-refractivity contribution in [2.45, 2.75) is 19.4 Å². The molecule has 0 amide bonds. The molecule has 0 atom stereocenters. The van der Waals surface area contributed by atoms with Crippen molar-refractivity contribution < 1.29 is 4.52 Å². The van der Waals surface area contributed by atoms with Gasteiger partial charge in [-0.2, -0.15) is 4.98 Å². The van der Waals surface area contributed by atoms with E-state index in [0.29, 0.717) is 36.8 Å². The molecule has 156 valence electrons. The average Bonchev–Trinajstić information content (AvgIpc) is 3.32. The molecule has 0 aliphatic rings. The number of aryl methyl sites for hydroxylation is 1. The summed E-state index contributed by atoms with van der Waals surface area (Å²) < 4.78 is 5.37. The first kappa shape index (κ1) is 19.9. The van der Waals surface area contributed by atoms with Crippen LogP contribution in [0.4, 0.5) is 0 Å². The lowest BCUT2D eigenvalue weighted by atomic mass is 9.96. The van der Waals surface area contributed by atoms with Gasteiger partial charge in [0.05, 0.1) is 31.0 Å². The molecule has 6 nitrogen and oxygen atoms in total.